The fraction of sp³-hybridized carbons (Fsp3) is 0.800. The van der Waals surface area contributed by atoms with Crippen molar-refractivity contribution in [1.29, 1.82) is 0 Å². The molecule has 1 atom stereocenters. The lowest BCUT2D eigenvalue weighted by Gasteiger charge is -2.39. The molecular formula is C10H20N3+. The molecule has 0 aliphatic carbocycles. The molecule has 1 unspecified atom stereocenters. The minimum atomic E-state index is 0.917. The average Bonchev–Trinajstić information content (AvgIpc) is 2.09. The summed E-state index contributed by atoms with van der Waals surface area (Å²) in [6.07, 6.45) is 8.99. The molecule has 0 aromatic carbocycles. The van der Waals surface area contributed by atoms with E-state index in [1.165, 1.54) is 38.6 Å². The van der Waals surface area contributed by atoms with Crippen LogP contribution in [0.25, 0.3) is 0 Å². The standard InChI is InChI=1S/C10H20N3/c1-13-9-5-3-2-4-6-10(13)7-8-11-12-13/h6,11-12H,2-5,7-9H2,1H3/q+1. The van der Waals surface area contributed by atoms with Crippen LogP contribution in [0.15, 0.2) is 11.8 Å². The first-order valence-corrected chi connectivity index (χ1v) is 5.36. The van der Waals surface area contributed by atoms with E-state index in [0.29, 0.717) is 0 Å². The number of fused-ring (bicyclic) bond motifs is 1. The van der Waals surface area contributed by atoms with Crippen molar-refractivity contribution < 1.29 is 4.59 Å². The highest BCUT2D eigenvalue weighted by Crippen LogP contribution is 2.22. The van der Waals surface area contributed by atoms with Gasteiger partial charge in [0.05, 0.1) is 7.05 Å². The summed E-state index contributed by atoms with van der Waals surface area (Å²) in [5.41, 5.74) is 8.21. The molecule has 2 aliphatic rings. The highest BCUT2D eigenvalue weighted by atomic mass is 15.8. The van der Waals surface area contributed by atoms with Crippen LogP contribution in [0.2, 0.25) is 0 Å². The molecular weight excluding hydrogens is 162 g/mol. The molecule has 0 amide bonds. The monoisotopic (exact) mass is 182 g/mol. The van der Waals surface area contributed by atoms with Gasteiger partial charge in [0.1, 0.15) is 12.2 Å². The molecule has 0 radical (unpaired) electrons. The van der Waals surface area contributed by atoms with Gasteiger partial charge in [-0.15, -0.1) is 0 Å². The van der Waals surface area contributed by atoms with Gasteiger partial charge in [-0.05, 0) is 31.8 Å². The van der Waals surface area contributed by atoms with Crippen molar-refractivity contribution in [3.63, 3.8) is 0 Å². The van der Waals surface area contributed by atoms with E-state index < -0.39 is 0 Å². The Hall–Kier alpha value is -0.380. The first-order chi connectivity index (χ1) is 6.31. The summed E-state index contributed by atoms with van der Waals surface area (Å²) in [6, 6.07) is 0. The van der Waals surface area contributed by atoms with Gasteiger partial charge in [0.2, 0.25) is 0 Å². The van der Waals surface area contributed by atoms with E-state index >= 15 is 0 Å². The number of hydrazine groups is 1. The van der Waals surface area contributed by atoms with Crippen LogP contribution in [0.5, 0.6) is 0 Å². The minimum absolute atomic E-state index is 0.917. The van der Waals surface area contributed by atoms with E-state index in [-0.39, 0.29) is 0 Å². The molecule has 2 rings (SSSR count). The molecule has 74 valence electrons. The van der Waals surface area contributed by atoms with Gasteiger partial charge in [-0.2, -0.15) is 0 Å². The van der Waals surface area contributed by atoms with Gasteiger partial charge < -0.3 is 0 Å². The van der Waals surface area contributed by atoms with Gasteiger partial charge in [0, 0.05) is 13.0 Å². The molecule has 13 heavy (non-hydrogen) atoms. The zero-order chi connectivity index (χ0) is 9.15. The third-order valence-corrected chi connectivity index (χ3v) is 3.16. The summed E-state index contributed by atoms with van der Waals surface area (Å²) in [7, 11) is 2.27. The molecule has 2 N–H and O–H groups in total. The molecule has 2 heterocycles. The zero-order valence-corrected chi connectivity index (χ0v) is 8.47. The SMILES string of the molecule is C[N+]12CCCCCC=C1CCNN2. The number of rotatable bonds is 0. The van der Waals surface area contributed by atoms with E-state index in [1.54, 1.807) is 5.70 Å². The van der Waals surface area contributed by atoms with Crippen molar-refractivity contribution in [2.45, 2.75) is 32.1 Å². The van der Waals surface area contributed by atoms with Crippen molar-refractivity contribution in [3.05, 3.63) is 11.8 Å². The third kappa shape index (κ3) is 1.93. The van der Waals surface area contributed by atoms with Gasteiger partial charge in [-0.3, -0.25) is 0 Å². The smallest absolute Gasteiger partial charge is 0.126 e. The van der Waals surface area contributed by atoms with Crippen LogP contribution < -0.4 is 11.0 Å². The maximum atomic E-state index is 3.38. The largest absolute Gasteiger partial charge is 0.212 e. The van der Waals surface area contributed by atoms with Crippen LogP contribution in [0.4, 0.5) is 0 Å². The number of quaternary nitrogens is 1. The topological polar surface area (TPSA) is 24.1 Å². The van der Waals surface area contributed by atoms with Gasteiger partial charge in [-0.1, -0.05) is 5.53 Å². The third-order valence-electron chi connectivity index (χ3n) is 3.16. The van der Waals surface area contributed by atoms with Crippen LogP contribution in [-0.2, 0) is 0 Å². The summed E-state index contributed by atoms with van der Waals surface area (Å²) >= 11 is 0. The first kappa shape index (κ1) is 9.19. The fourth-order valence-electron chi connectivity index (χ4n) is 2.26. The van der Waals surface area contributed by atoms with E-state index in [4.69, 9.17) is 0 Å². The van der Waals surface area contributed by atoms with Crippen LogP contribution in [-0.4, -0.2) is 24.7 Å². The van der Waals surface area contributed by atoms with E-state index in [9.17, 15) is 0 Å². The maximum absolute atomic E-state index is 3.38. The van der Waals surface area contributed by atoms with Gasteiger partial charge >= 0.3 is 0 Å². The predicted molar refractivity (Wildman–Crippen MR) is 53.4 cm³/mol. The number of nitrogens with one attached hydrogen (secondary N) is 2. The second kappa shape index (κ2) is 3.78. The van der Waals surface area contributed by atoms with Crippen molar-refractivity contribution in [1.82, 2.24) is 11.0 Å². The Labute approximate surface area is 80.3 Å². The molecule has 2 aliphatic heterocycles. The molecule has 3 nitrogen and oxygen atoms in total. The lowest BCUT2D eigenvalue weighted by atomic mass is 10.1. The zero-order valence-electron chi connectivity index (χ0n) is 8.47. The molecule has 1 fully saturated rings. The predicted octanol–water partition coefficient (Wildman–Crippen LogP) is 1.30. The fourth-order valence-corrected chi connectivity index (χ4v) is 2.26. The number of allylic oxidation sites excluding steroid dienone is 1. The van der Waals surface area contributed by atoms with Crippen LogP contribution >= 0.6 is 0 Å². The Morgan fingerprint density at radius 2 is 2.23 bits per heavy atom. The molecule has 1 saturated heterocycles. The van der Waals surface area contributed by atoms with Gasteiger partial charge in [0.15, 0.2) is 0 Å². The number of nitrogens with zero attached hydrogens (tertiary/aromatic N) is 1. The lowest BCUT2D eigenvalue weighted by molar-refractivity contribution is -0.928. The molecule has 0 aromatic heterocycles. The average molecular weight is 182 g/mol. The Balaban J connectivity index is 2.16. The Morgan fingerprint density at radius 3 is 3.15 bits per heavy atom. The van der Waals surface area contributed by atoms with E-state index in [2.05, 4.69) is 24.1 Å². The van der Waals surface area contributed by atoms with Crippen molar-refractivity contribution >= 4 is 0 Å². The molecule has 3 heteroatoms. The van der Waals surface area contributed by atoms with Crippen molar-refractivity contribution in [2.24, 2.45) is 0 Å². The Bertz CT molecular complexity index is 212. The van der Waals surface area contributed by atoms with E-state index in [1.807, 2.05) is 0 Å². The summed E-state index contributed by atoms with van der Waals surface area (Å²) in [5, 5.41) is 0. The maximum Gasteiger partial charge on any atom is 0.126 e. The van der Waals surface area contributed by atoms with Crippen LogP contribution in [0.3, 0.4) is 0 Å². The second-order valence-electron chi connectivity index (χ2n) is 4.25. The van der Waals surface area contributed by atoms with Gasteiger partial charge in [-0.25, -0.2) is 10.0 Å². The molecule has 0 saturated carbocycles. The highest BCUT2D eigenvalue weighted by Gasteiger charge is 2.30. The normalized spacial score (nSPS) is 35.6. The summed E-state index contributed by atoms with van der Waals surface area (Å²) < 4.78 is 0.917. The molecule has 0 aromatic rings. The summed E-state index contributed by atoms with van der Waals surface area (Å²) in [4.78, 5) is 0. The van der Waals surface area contributed by atoms with Crippen LogP contribution in [0.1, 0.15) is 32.1 Å². The van der Waals surface area contributed by atoms with E-state index in [0.717, 1.165) is 11.1 Å². The summed E-state index contributed by atoms with van der Waals surface area (Å²) in [5.74, 6) is 0. The minimum Gasteiger partial charge on any atom is -0.212 e. The van der Waals surface area contributed by atoms with Crippen molar-refractivity contribution in [2.75, 3.05) is 20.1 Å². The Kier molecular flexibility index (Phi) is 2.67. The Morgan fingerprint density at radius 1 is 1.31 bits per heavy atom. The van der Waals surface area contributed by atoms with Gasteiger partial charge in [0.25, 0.3) is 0 Å². The number of hydrogen-bond acceptors (Lipinski definition) is 2. The molecule has 0 bridgehead atoms. The number of hydrogen-bond donors (Lipinski definition) is 2. The van der Waals surface area contributed by atoms with Crippen molar-refractivity contribution in [3.8, 4) is 0 Å². The lowest BCUT2D eigenvalue weighted by Crippen LogP contribution is -2.63. The highest BCUT2D eigenvalue weighted by molar-refractivity contribution is 4.95. The van der Waals surface area contributed by atoms with Crippen LogP contribution in [0, 0.1) is 0 Å². The first-order valence-electron chi connectivity index (χ1n) is 5.36. The second-order valence-corrected chi connectivity index (χ2v) is 4.25. The quantitative estimate of drug-likeness (QED) is 0.552. The molecule has 0 spiro atoms. The summed E-state index contributed by atoms with van der Waals surface area (Å²) in [6.45, 7) is 2.29.